The highest BCUT2D eigenvalue weighted by Gasteiger charge is 2.03. The highest BCUT2D eigenvalue weighted by Crippen LogP contribution is 2.18. The zero-order valence-corrected chi connectivity index (χ0v) is 9.63. The zero-order chi connectivity index (χ0) is 10.7. The van der Waals surface area contributed by atoms with Crippen molar-refractivity contribution in [3.63, 3.8) is 0 Å². The summed E-state index contributed by atoms with van der Waals surface area (Å²) in [6.45, 7) is 3.56. The molecule has 0 aliphatic rings. The van der Waals surface area contributed by atoms with Crippen molar-refractivity contribution in [1.82, 2.24) is 9.78 Å². The van der Waals surface area contributed by atoms with Gasteiger partial charge in [0.15, 0.2) is 0 Å². The third kappa shape index (κ3) is 2.27. The number of hydrogen-bond donors (Lipinski definition) is 1. The van der Waals surface area contributed by atoms with Crippen molar-refractivity contribution >= 4 is 11.3 Å². The van der Waals surface area contributed by atoms with Gasteiger partial charge in [0.1, 0.15) is 0 Å². The van der Waals surface area contributed by atoms with E-state index in [1.54, 1.807) is 6.20 Å². The van der Waals surface area contributed by atoms with Gasteiger partial charge in [-0.05, 0) is 24.6 Å². The molecule has 0 amide bonds. The van der Waals surface area contributed by atoms with Gasteiger partial charge in [-0.25, -0.2) is 0 Å². The number of thiophene rings is 1. The van der Waals surface area contributed by atoms with Crippen LogP contribution in [0.5, 0.6) is 0 Å². The van der Waals surface area contributed by atoms with E-state index in [2.05, 4.69) is 24.2 Å². The van der Waals surface area contributed by atoms with Gasteiger partial charge < -0.3 is 5.73 Å². The summed E-state index contributed by atoms with van der Waals surface area (Å²) >= 11 is 1.85. The first kappa shape index (κ1) is 10.4. The van der Waals surface area contributed by atoms with Crippen LogP contribution in [0.3, 0.4) is 0 Å². The molecule has 2 heterocycles. The van der Waals surface area contributed by atoms with Gasteiger partial charge in [-0.2, -0.15) is 5.10 Å². The first-order chi connectivity index (χ1) is 7.33. The van der Waals surface area contributed by atoms with Crippen LogP contribution in [-0.4, -0.2) is 9.78 Å². The first-order valence-corrected chi connectivity index (χ1v) is 5.93. The Morgan fingerprint density at radius 1 is 1.33 bits per heavy atom. The molecular weight excluding hydrogens is 206 g/mol. The Hall–Kier alpha value is -1.13. The minimum atomic E-state index is 0.548. The number of nitrogens with two attached hydrogens (primary N) is 1. The van der Waals surface area contributed by atoms with E-state index in [-0.39, 0.29) is 0 Å². The fourth-order valence-corrected chi connectivity index (χ4v) is 2.46. The molecule has 3 nitrogen and oxygen atoms in total. The average Bonchev–Trinajstić information content (AvgIpc) is 2.87. The van der Waals surface area contributed by atoms with E-state index in [1.165, 1.54) is 9.75 Å². The lowest BCUT2D eigenvalue weighted by Crippen LogP contribution is -2.08. The Morgan fingerprint density at radius 2 is 2.13 bits per heavy atom. The normalized spacial score (nSPS) is 10.8. The fraction of sp³-hybridized carbons (Fsp3) is 0.364. The molecule has 0 saturated carbocycles. The van der Waals surface area contributed by atoms with E-state index in [0.717, 1.165) is 18.7 Å². The molecule has 2 rings (SSSR count). The average molecular weight is 221 g/mol. The van der Waals surface area contributed by atoms with Crippen molar-refractivity contribution in [3.05, 3.63) is 39.8 Å². The van der Waals surface area contributed by atoms with Crippen LogP contribution in [0.15, 0.2) is 24.4 Å². The highest BCUT2D eigenvalue weighted by molar-refractivity contribution is 7.11. The van der Waals surface area contributed by atoms with E-state index < -0.39 is 0 Å². The Labute approximate surface area is 93.5 Å². The molecule has 0 fully saturated rings. The molecule has 0 unspecified atom stereocenters. The summed E-state index contributed by atoms with van der Waals surface area (Å²) in [5, 5.41) is 4.26. The van der Waals surface area contributed by atoms with Gasteiger partial charge in [-0.1, -0.05) is 6.92 Å². The fourth-order valence-electron chi connectivity index (χ4n) is 1.52. The molecule has 0 aliphatic carbocycles. The predicted octanol–water partition coefficient (Wildman–Crippen LogP) is 2.01. The van der Waals surface area contributed by atoms with Gasteiger partial charge >= 0.3 is 0 Å². The monoisotopic (exact) mass is 221 g/mol. The number of aromatic nitrogens is 2. The Bertz CT molecular complexity index is 430. The second-order valence-electron chi connectivity index (χ2n) is 3.41. The van der Waals surface area contributed by atoms with Crippen LogP contribution in [-0.2, 0) is 19.5 Å². The van der Waals surface area contributed by atoms with Crippen LogP contribution in [0.4, 0.5) is 0 Å². The van der Waals surface area contributed by atoms with Crippen molar-refractivity contribution in [3.8, 4) is 0 Å². The summed E-state index contributed by atoms with van der Waals surface area (Å²) in [6, 6.07) is 6.32. The van der Waals surface area contributed by atoms with E-state index in [4.69, 9.17) is 5.73 Å². The van der Waals surface area contributed by atoms with Crippen molar-refractivity contribution in [1.29, 1.82) is 0 Å². The number of aryl methyl sites for hydroxylation is 1. The summed E-state index contributed by atoms with van der Waals surface area (Å²) in [5.41, 5.74) is 6.71. The van der Waals surface area contributed by atoms with Gasteiger partial charge in [-0.15, -0.1) is 11.3 Å². The summed E-state index contributed by atoms with van der Waals surface area (Å²) < 4.78 is 1.96. The first-order valence-electron chi connectivity index (χ1n) is 5.11. The molecular formula is C11H15N3S. The van der Waals surface area contributed by atoms with Gasteiger partial charge in [0, 0.05) is 22.5 Å². The van der Waals surface area contributed by atoms with Crippen molar-refractivity contribution < 1.29 is 0 Å². The standard InChI is InChI=1S/C11H15N3S/c1-2-10-3-4-11(15-10)8-14-9(7-12)5-6-13-14/h3-6H,2,7-8,12H2,1H3. The maximum atomic E-state index is 5.62. The van der Waals surface area contributed by atoms with Crippen LogP contribution in [0, 0.1) is 0 Å². The Morgan fingerprint density at radius 3 is 2.80 bits per heavy atom. The zero-order valence-electron chi connectivity index (χ0n) is 8.81. The molecule has 0 aromatic carbocycles. The number of hydrogen-bond acceptors (Lipinski definition) is 3. The summed E-state index contributed by atoms with van der Waals surface area (Å²) in [4.78, 5) is 2.76. The largest absolute Gasteiger partial charge is 0.325 e. The molecule has 2 aromatic heterocycles. The topological polar surface area (TPSA) is 43.8 Å². The van der Waals surface area contributed by atoms with Crippen molar-refractivity contribution in [2.45, 2.75) is 26.4 Å². The van der Waals surface area contributed by atoms with Crippen molar-refractivity contribution in [2.75, 3.05) is 0 Å². The number of nitrogens with zero attached hydrogens (tertiary/aromatic N) is 2. The quantitative estimate of drug-likeness (QED) is 0.858. The molecule has 0 saturated heterocycles. The van der Waals surface area contributed by atoms with Crippen LogP contribution in [0.2, 0.25) is 0 Å². The molecule has 0 spiro atoms. The van der Waals surface area contributed by atoms with Crippen molar-refractivity contribution in [2.24, 2.45) is 5.73 Å². The minimum Gasteiger partial charge on any atom is -0.325 e. The summed E-state index contributed by atoms with van der Waals surface area (Å²) in [6.07, 6.45) is 2.91. The van der Waals surface area contributed by atoms with Crippen LogP contribution in [0.25, 0.3) is 0 Å². The lowest BCUT2D eigenvalue weighted by Gasteiger charge is -2.03. The molecule has 0 atom stereocenters. The van der Waals surface area contributed by atoms with Gasteiger partial charge in [0.05, 0.1) is 12.2 Å². The van der Waals surface area contributed by atoms with Crippen LogP contribution < -0.4 is 5.73 Å². The van der Waals surface area contributed by atoms with E-state index >= 15 is 0 Å². The molecule has 2 aromatic rings. The van der Waals surface area contributed by atoms with Gasteiger partial charge in [-0.3, -0.25) is 4.68 Å². The second-order valence-corrected chi connectivity index (χ2v) is 4.66. The molecule has 4 heteroatoms. The maximum absolute atomic E-state index is 5.62. The molecule has 0 bridgehead atoms. The van der Waals surface area contributed by atoms with E-state index in [1.807, 2.05) is 22.1 Å². The Balaban J connectivity index is 2.14. The van der Waals surface area contributed by atoms with Crippen LogP contribution >= 0.6 is 11.3 Å². The summed E-state index contributed by atoms with van der Waals surface area (Å²) in [7, 11) is 0. The molecule has 2 N–H and O–H groups in total. The third-order valence-corrected chi connectivity index (χ3v) is 3.60. The Kier molecular flexibility index (Phi) is 3.18. The lowest BCUT2D eigenvalue weighted by molar-refractivity contribution is 0.652. The molecule has 0 radical (unpaired) electrons. The minimum absolute atomic E-state index is 0.548. The SMILES string of the molecule is CCc1ccc(Cn2nccc2CN)s1. The van der Waals surface area contributed by atoms with E-state index in [9.17, 15) is 0 Å². The van der Waals surface area contributed by atoms with Gasteiger partial charge in [0.25, 0.3) is 0 Å². The number of rotatable bonds is 4. The molecule has 80 valence electrons. The van der Waals surface area contributed by atoms with E-state index in [0.29, 0.717) is 6.54 Å². The van der Waals surface area contributed by atoms with Crippen LogP contribution in [0.1, 0.15) is 22.4 Å². The molecule has 15 heavy (non-hydrogen) atoms. The second kappa shape index (κ2) is 4.59. The smallest absolute Gasteiger partial charge is 0.0756 e. The third-order valence-electron chi connectivity index (χ3n) is 2.39. The highest BCUT2D eigenvalue weighted by atomic mass is 32.1. The van der Waals surface area contributed by atoms with Gasteiger partial charge in [0.2, 0.25) is 0 Å². The molecule has 0 aliphatic heterocycles. The maximum Gasteiger partial charge on any atom is 0.0756 e. The summed E-state index contributed by atoms with van der Waals surface area (Å²) in [5.74, 6) is 0. The predicted molar refractivity (Wildman–Crippen MR) is 62.9 cm³/mol. The lowest BCUT2D eigenvalue weighted by atomic mass is 10.3.